The van der Waals surface area contributed by atoms with E-state index in [1.54, 1.807) is 0 Å². The van der Waals surface area contributed by atoms with Crippen molar-refractivity contribution in [1.29, 1.82) is 0 Å². The van der Waals surface area contributed by atoms with E-state index >= 15 is 0 Å². The largest absolute Gasteiger partial charge is 0.494 e. The van der Waals surface area contributed by atoms with Gasteiger partial charge in [0.1, 0.15) is 0 Å². The summed E-state index contributed by atoms with van der Waals surface area (Å²) in [7, 11) is 1.46. The van der Waals surface area contributed by atoms with Crippen molar-refractivity contribution in [2.24, 2.45) is 0 Å². The molecule has 1 aliphatic heterocycles. The van der Waals surface area contributed by atoms with E-state index in [0.29, 0.717) is 27.9 Å². The molecule has 1 aliphatic rings. The van der Waals surface area contributed by atoms with Gasteiger partial charge in [0.15, 0.2) is 22.4 Å². The number of aromatic nitrogens is 1. The van der Waals surface area contributed by atoms with Crippen molar-refractivity contribution in [1.82, 2.24) is 4.98 Å². The van der Waals surface area contributed by atoms with E-state index in [0.717, 1.165) is 11.3 Å². The van der Waals surface area contributed by atoms with Crippen molar-refractivity contribution >= 4 is 45.6 Å². The molecule has 138 valence electrons. The van der Waals surface area contributed by atoms with Gasteiger partial charge in [-0.25, -0.2) is 4.98 Å². The van der Waals surface area contributed by atoms with Crippen molar-refractivity contribution in [3.63, 3.8) is 0 Å². The number of methoxy groups -OCH3 is 1. The number of benzene rings is 2. The zero-order valence-corrected chi connectivity index (χ0v) is 16.2. The Morgan fingerprint density at radius 3 is 2.67 bits per heavy atom. The summed E-state index contributed by atoms with van der Waals surface area (Å²) in [4.78, 5) is 16.9. The number of halogens is 2. The van der Waals surface area contributed by atoms with E-state index in [1.165, 1.54) is 30.6 Å². The Labute approximate surface area is 168 Å². The van der Waals surface area contributed by atoms with Crippen LogP contribution >= 0.6 is 34.5 Å². The molecule has 0 unspecified atom stereocenters. The molecule has 6 nitrogen and oxygen atoms in total. The summed E-state index contributed by atoms with van der Waals surface area (Å²) >= 11 is 13.5. The number of fused-ring (bicyclic) bond motifs is 1. The van der Waals surface area contributed by atoms with Gasteiger partial charge in [0.2, 0.25) is 6.79 Å². The van der Waals surface area contributed by atoms with Crippen LogP contribution in [0.5, 0.6) is 17.2 Å². The molecule has 4 rings (SSSR count). The molecule has 0 saturated carbocycles. The molecule has 3 aromatic rings. The topological polar surface area (TPSA) is 69.7 Å². The highest BCUT2D eigenvalue weighted by molar-refractivity contribution is 7.14. The summed E-state index contributed by atoms with van der Waals surface area (Å²) in [5.41, 5.74) is 1.90. The fraction of sp³-hybridized carbons (Fsp3) is 0.111. The van der Waals surface area contributed by atoms with E-state index in [1.807, 2.05) is 23.6 Å². The Morgan fingerprint density at radius 2 is 1.93 bits per heavy atom. The second-order valence-corrected chi connectivity index (χ2v) is 7.21. The molecular weight excluding hydrogens is 411 g/mol. The molecule has 9 heteroatoms. The number of carbonyl (C=O) groups excluding carboxylic acids is 1. The van der Waals surface area contributed by atoms with Gasteiger partial charge in [-0.05, 0) is 30.3 Å². The Morgan fingerprint density at radius 1 is 1.19 bits per heavy atom. The number of nitrogens with one attached hydrogen (secondary N) is 1. The molecule has 0 saturated heterocycles. The maximum atomic E-state index is 12.5. The fourth-order valence-electron chi connectivity index (χ4n) is 2.57. The summed E-state index contributed by atoms with van der Waals surface area (Å²) in [6.07, 6.45) is 0. The van der Waals surface area contributed by atoms with E-state index in [2.05, 4.69) is 10.3 Å². The Kier molecular flexibility index (Phi) is 4.82. The first-order valence-corrected chi connectivity index (χ1v) is 9.38. The Bertz CT molecular complexity index is 1010. The first kappa shape index (κ1) is 17.9. The van der Waals surface area contributed by atoms with Crippen LogP contribution in [-0.2, 0) is 0 Å². The number of anilines is 1. The molecule has 2 aromatic carbocycles. The zero-order valence-electron chi connectivity index (χ0n) is 13.9. The summed E-state index contributed by atoms with van der Waals surface area (Å²) in [5, 5.41) is 5.57. The van der Waals surface area contributed by atoms with Gasteiger partial charge >= 0.3 is 0 Å². The average molecular weight is 423 g/mol. The highest BCUT2D eigenvalue weighted by Crippen LogP contribution is 2.37. The number of carbonyl (C=O) groups is 1. The lowest BCUT2D eigenvalue weighted by atomic mass is 10.1. The number of ether oxygens (including phenoxy) is 3. The van der Waals surface area contributed by atoms with Crippen LogP contribution in [0, 0.1) is 0 Å². The Balaban J connectivity index is 1.53. The van der Waals surface area contributed by atoms with Crippen LogP contribution in [0.2, 0.25) is 10.0 Å². The molecule has 1 aromatic heterocycles. The molecule has 0 radical (unpaired) electrons. The predicted molar refractivity (Wildman–Crippen MR) is 105 cm³/mol. The SMILES string of the molecule is COc1c(Cl)cc(C(=O)Nc2nc(-c3ccc4c(c3)OCO4)cs2)cc1Cl. The van der Waals surface area contributed by atoms with Crippen LogP contribution in [0.25, 0.3) is 11.3 Å². The predicted octanol–water partition coefficient (Wildman–Crippen LogP) is 5.11. The minimum absolute atomic E-state index is 0.212. The number of amides is 1. The van der Waals surface area contributed by atoms with Gasteiger partial charge in [-0.1, -0.05) is 23.2 Å². The third-order valence-electron chi connectivity index (χ3n) is 3.86. The third-order valence-corrected chi connectivity index (χ3v) is 5.18. The minimum Gasteiger partial charge on any atom is -0.494 e. The molecule has 27 heavy (non-hydrogen) atoms. The van der Waals surface area contributed by atoms with Gasteiger partial charge in [0, 0.05) is 16.5 Å². The van der Waals surface area contributed by atoms with Crippen LogP contribution in [0.15, 0.2) is 35.7 Å². The van der Waals surface area contributed by atoms with Gasteiger partial charge in [-0.3, -0.25) is 10.1 Å². The van der Waals surface area contributed by atoms with Crippen molar-refractivity contribution in [3.8, 4) is 28.5 Å². The van der Waals surface area contributed by atoms with Crippen LogP contribution in [0.4, 0.5) is 5.13 Å². The molecular formula is C18H12Cl2N2O4S. The quantitative estimate of drug-likeness (QED) is 0.632. The molecule has 0 fully saturated rings. The normalized spacial score (nSPS) is 12.1. The maximum absolute atomic E-state index is 12.5. The monoisotopic (exact) mass is 422 g/mol. The maximum Gasteiger partial charge on any atom is 0.257 e. The van der Waals surface area contributed by atoms with Gasteiger partial charge in [0.05, 0.1) is 22.8 Å². The number of thiazole rings is 1. The number of hydrogen-bond acceptors (Lipinski definition) is 6. The van der Waals surface area contributed by atoms with E-state index < -0.39 is 0 Å². The molecule has 2 heterocycles. The number of nitrogens with zero attached hydrogens (tertiary/aromatic N) is 1. The van der Waals surface area contributed by atoms with Gasteiger partial charge < -0.3 is 14.2 Å². The first-order valence-electron chi connectivity index (χ1n) is 7.75. The summed E-state index contributed by atoms with van der Waals surface area (Å²) in [5.74, 6) is 1.34. The van der Waals surface area contributed by atoms with Crippen molar-refractivity contribution < 1.29 is 19.0 Å². The van der Waals surface area contributed by atoms with E-state index in [9.17, 15) is 4.79 Å². The van der Waals surface area contributed by atoms with E-state index in [4.69, 9.17) is 37.4 Å². The summed E-state index contributed by atoms with van der Waals surface area (Å²) in [6.45, 7) is 0.212. The standard InChI is InChI=1S/C18H12Cl2N2O4S/c1-24-16-11(19)4-10(5-12(16)20)17(23)22-18-21-13(7-27-18)9-2-3-14-15(6-9)26-8-25-14/h2-7H,8H2,1H3,(H,21,22,23). The molecule has 0 atom stereocenters. The van der Waals surface area contributed by atoms with Crippen LogP contribution in [-0.4, -0.2) is 24.8 Å². The lowest BCUT2D eigenvalue weighted by molar-refractivity contribution is 0.102. The first-order chi connectivity index (χ1) is 13.0. The zero-order chi connectivity index (χ0) is 19.0. The Hall–Kier alpha value is -2.48. The van der Waals surface area contributed by atoms with E-state index in [-0.39, 0.29) is 22.7 Å². The molecule has 0 bridgehead atoms. The van der Waals surface area contributed by atoms with Crippen LogP contribution < -0.4 is 19.5 Å². The smallest absolute Gasteiger partial charge is 0.257 e. The van der Waals surface area contributed by atoms with Crippen molar-refractivity contribution in [3.05, 3.63) is 51.3 Å². The van der Waals surface area contributed by atoms with Gasteiger partial charge in [0.25, 0.3) is 5.91 Å². The average Bonchev–Trinajstić information content (AvgIpc) is 3.29. The van der Waals surface area contributed by atoms with Crippen LogP contribution in [0.1, 0.15) is 10.4 Å². The number of hydrogen-bond donors (Lipinski definition) is 1. The molecule has 0 aliphatic carbocycles. The minimum atomic E-state index is -0.368. The third kappa shape index (κ3) is 3.53. The second kappa shape index (κ2) is 7.26. The second-order valence-electron chi connectivity index (χ2n) is 5.53. The molecule has 0 spiro atoms. The van der Waals surface area contributed by atoms with Crippen molar-refractivity contribution in [2.75, 3.05) is 19.2 Å². The lowest BCUT2D eigenvalue weighted by Crippen LogP contribution is -2.12. The van der Waals surface area contributed by atoms with Crippen molar-refractivity contribution in [2.45, 2.75) is 0 Å². The van der Waals surface area contributed by atoms with Gasteiger partial charge in [-0.15, -0.1) is 11.3 Å². The molecule has 1 N–H and O–H groups in total. The highest BCUT2D eigenvalue weighted by atomic mass is 35.5. The lowest BCUT2D eigenvalue weighted by Gasteiger charge is -2.08. The van der Waals surface area contributed by atoms with Gasteiger partial charge in [-0.2, -0.15) is 0 Å². The summed E-state index contributed by atoms with van der Waals surface area (Å²) in [6, 6.07) is 8.56. The summed E-state index contributed by atoms with van der Waals surface area (Å²) < 4.78 is 15.8. The highest BCUT2D eigenvalue weighted by Gasteiger charge is 2.17. The number of rotatable bonds is 4. The van der Waals surface area contributed by atoms with Crippen LogP contribution in [0.3, 0.4) is 0 Å². The fourth-order valence-corrected chi connectivity index (χ4v) is 3.93. The molecule has 1 amide bonds.